The number of thiazole rings is 1. The molecule has 0 aliphatic carbocycles. The number of rotatable bonds is 1. The van der Waals surface area contributed by atoms with Gasteiger partial charge in [0.2, 0.25) is 0 Å². The fourth-order valence-corrected chi connectivity index (χ4v) is 3.30. The van der Waals surface area contributed by atoms with E-state index in [0.717, 1.165) is 36.6 Å². The number of benzene rings is 1. The summed E-state index contributed by atoms with van der Waals surface area (Å²) in [6, 6.07) is 6.38. The van der Waals surface area contributed by atoms with E-state index in [0.29, 0.717) is 0 Å². The molecule has 1 aliphatic heterocycles. The van der Waals surface area contributed by atoms with Crippen molar-refractivity contribution < 1.29 is 4.74 Å². The Bertz CT molecular complexity index is 543. The zero-order chi connectivity index (χ0) is 11.9. The molecule has 3 nitrogen and oxygen atoms in total. The minimum absolute atomic E-state index is 0.282. The number of hydrogen-bond acceptors (Lipinski definition) is 4. The molecule has 0 atom stereocenters. The lowest BCUT2D eigenvalue weighted by molar-refractivity contribution is 0.0522. The Morgan fingerprint density at radius 1 is 1.35 bits per heavy atom. The van der Waals surface area contributed by atoms with Crippen molar-refractivity contribution in [1.82, 2.24) is 4.98 Å². The summed E-state index contributed by atoms with van der Waals surface area (Å²) in [5.74, 6) is 0. The number of nitrogens with two attached hydrogens (primary N) is 1. The number of aryl methyl sites for hydroxylation is 1. The van der Waals surface area contributed by atoms with Gasteiger partial charge in [-0.05, 0) is 37.5 Å². The molecule has 0 unspecified atom stereocenters. The van der Waals surface area contributed by atoms with Crippen molar-refractivity contribution >= 4 is 21.6 Å². The van der Waals surface area contributed by atoms with Crippen molar-refractivity contribution in [2.45, 2.75) is 25.3 Å². The molecule has 3 rings (SSSR count). The van der Waals surface area contributed by atoms with Crippen LogP contribution < -0.4 is 5.73 Å². The molecule has 2 aromatic rings. The average Bonchev–Trinajstić information content (AvgIpc) is 2.73. The maximum absolute atomic E-state index is 6.45. The first kappa shape index (κ1) is 11.1. The molecule has 0 amide bonds. The molecular weight excluding hydrogens is 232 g/mol. The van der Waals surface area contributed by atoms with Gasteiger partial charge in [-0.25, -0.2) is 4.98 Å². The van der Waals surface area contributed by atoms with E-state index in [1.807, 2.05) is 0 Å². The number of hydrogen-bond donors (Lipinski definition) is 1. The number of nitrogens with zero attached hydrogens (tertiary/aromatic N) is 1. The van der Waals surface area contributed by atoms with E-state index >= 15 is 0 Å². The minimum Gasteiger partial charge on any atom is -0.381 e. The molecular formula is C13H16N2OS. The van der Waals surface area contributed by atoms with Crippen LogP contribution in [0.1, 0.15) is 23.4 Å². The van der Waals surface area contributed by atoms with Crippen LogP contribution in [0.2, 0.25) is 0 Å². The predicted molar refractivity (Wildman–Crippen MR) is 70.3 cm³/mol. The Morgan fingerprint density at radius 3 is 2.88 bits per heavy atom. The molecule has 1 saturated heterocycles. The Kier molecular flexibility index (Phi) is 2.65. The van der Waals surface area contributed by atoms with Gasteiger partial charge in [-0.15, -0.1) is 11.3 Å². The van der Waals surface area contributed by atoms with Crippen LogP contribution in [0.15, 0.2) is 18.2 Å². The maximum atomic E-state index is 6.45. The molecule has 1 fully saturated rings. The van der Waals surface area contributed by atoms with E-state index in [1.165, 1.54) is 10.3 Å². The molecule has 17 heavy (non-hydrogen) atoms. The van der Waals surface area contributed by atoms with Crippen LogP contribution in [0.5, 0.6) is 0 Å². The summed E-state index contributed by atoms with van der Waals surface area (Å²) in [7, 11) is 0. The average molecular weight is 248 g/mol. The van der Waals surface area contributed by atoms with E-state index in [9.17, 15) is 0 Å². The van der Waals surface area contributed by atoms with Crippen molar-refractivity contribution in [3.8, 4) is 0 Å². The standard InChI is InChI=1S/C13H16N2OS/c1-9-2-3-11-10(8-9)15-12(17-11)13(14)4-6-16-7-5-13/h2-3,8H,4-7,14H2,1H3. The van der Waals surface area contributed by atoms with Crippen LogP contribution in [0.25, 0.3) is 10.2 Å². The molecule has 1 aromatic carbocycles. The van der Waals surface area contributed by atoms with Crippen LogP contribution in [-0.4, -0.2) is 18.2 Å². The monoisotopic (exact) mass is 248 g/mol. The van der Waals surface area contributed by atoms with Crippen LogP contribution in [-0.2, 0) is 10.3 Å². The smallest absolute Gasteiger partial charge is 0.114 e. The van der Waals surface area contributed by atoms with Gasteiger partial charge < -0.3 is 10.5 Å². The SMILES string of the molecule is Cc1ccc2sc(C3(N)CCOCC3)nc2c1. The molecule has 0 spiro atoms. The molecule has 1 aliphatic rings. The van der Waals surface area contributed by atoms with E-state index in [1.54, 1.807) is 11.3 Å². The second-order valence-corrected chi connectivity index (χ2v) is 5.79. The van der Waals surface area contributed by atoms with Gasteiger partial charge in [-0.3, -0.25) is 0 Å². The van der Waals surface area contributed by atoms with Crippen LogP contribution in [0.4, 0.5) is 0 Å². The highest BCUT2D eigenvalue weighted by Gasteiger charge is 2.33. The Labute approximate surface area is 105 Å². The first-order valence-electron chi connectivity index (χ1n) is 5.92. The van der Waals surface area contributed by atoms with Crippen molar-refractivity contribution in [1.29, 1.82) is 0 Å². The quantitative estimate of drug-likeness (QED) is 0.843. The van der Waals surface area contributed by atoms with Gasteiger partial charge >= 0.3 is 0 Å². The fraction of sp³-hybridized carbons (Fsp3) is 0.462. The summed E-state index contributed by atoms with van der Waals surface area (Å²) >= 11 is 1.72. The summed E-state index contributed by atoms with van der Waals surface area (Å²) in [4.78, 5) is 4.71. The summed E-state index contributed by atoms with van der Waals surface area (Å²) in [5, 5.41) is 1.06. The lowest BCUT2D eigenvalue weighted by atomic mass is 9.92. The zero-order valence-electron chi connectivity index (χ0n) is 9.90. The lowest BCUT2D eigenvalue weighted by Crippen LogP contribution is -2.42. The van der Waals surface area contributed by atoms with Gasteiger partial charge in [0.05, 0.1) is 15.8 Å². The third-order valence-corrected chi connectivity index (χ3v) is 4.61. The van der Waals surface area contributed by atoms with Gasteiger partial charge in [0.1, 0.15) is 5.01 Å². The lowest BCUT2D eigenvalue weighted by Gasteiger charge is -2.31. The highest BCUT2D eigenvalue weighted by molar-refractivity contribution is 7.18. The second kappa shape index (κ2) is 4.05. The molecule has 0 saturated carbocycles. The van der Waals surface area contributed by atoms with Gasteiger partial charge in [0.25, 0.3) is 0 Å². The van der Waals surface area contributed by atoms with Crippen LogP contribution >= 0.6 is 11.3 Å². The molecule has 90 valence electrons. The normalized spacial score (nSPS) is 19.6. The third-order valence-electron chi connectivity index (χ3n) is 3.35. The summed E-state index contributed by atoms with van der Waals surface area (Å²) in [6.45, 7) is 3.57. The van der Waals surface area contributed by atoms with Crippen LogP contribution in [0, 0.1) is 6.92 Å². The van der Waals surface area contributed by atoms with Crippen molar-refractivity contribution in [2.75, 3.05) is 13.2 Å². The molecule has 0 radical (unpaired) electrons. The van der Waals surface area contributed by atoms with Gasteiger partial charge in [-0.2, -0.15) is 0 Å². The Balaban J connectivity index is 2.05. The summed E-state index contributed by atoms with van der Waals surface area (Å²) in [6.07, 6.45) is 1.73. The van der Waals surface area contributed by atoms with Crippen molar-refractivity contribution in [3.63, 3.8) is 0 Å². The highest BCUT2D eigenvalue weighted by Crippen LogP contribution is 2.35. The number of aromatic nitrogens is 1. The topological polar surface area (TPSA) is 48.1 Å². The van der Waals surface area contributed by atoms with Crippen molar-refractivity contribution in [3.05, 3.63) is 28.8 Å². The zero-order valence-corrected chi connectivity index (χ0v) is 10.7. The second-order valence-electron chi connectivity index (χ2n) is 4.76. The third kappa shape index (κ3) is 1.97. The first-order chi connectivity index (χ1) is 8.17. The van der Waals surface area contributed by atoms with Crippen LogP contribution in [0.3, 0.4) is 0 Å². The van der Waals surface area contributed by atoms with E-state index < -0.39 is 0 Å². The summed E-state index contributed by atoms with van der Waals surface area (Å²) < 4.78 is 6.60. The Morgan fingerprint density at radius 2 is 2.12 bits per heavy atom. The molecule has 2 heterocycles. The molecule has 2 N–H and O–H groups in total. The van der Waals surface area contributed by atoms with Gasteiger partial charge in [0, 0.05) is 13.2 Å². The minimum atomic E-state index is -0.282. The van der Waals surface area contributed by atoms with E-state index in [-0.39, 0.29) is 5.54 Å². The maximum Gasteiger partial charge on any atom is 0.114 e. The predicted octanol–water partition coefficient (Wildman–Crippen LogP) is 2.57. The number of ether oxygens (including phenoxy) is 1. The van der Waals surface area contributed by atoms with Gasteiger partial charge in [-0.1, -0.05) is 6.07 Å². The van der Waals surface area contributed by atoms with Crippen molar-refractivity contribution in [2.24, 2.45) is 5.73 Å². The largest absolute Gasteiger partial charge is 0.381 e. The molecule has 1 aromatic heterocycles. The van der Waals surface area contributed by atoms with E-state index in [4.69, 9.17) is 15.5 Å². The van der Waals surface area contributed by atoms with E-state index in [2.05, 4.69) is 25.1 Å². The fourth-order valence-electron chi connectivity index (χ4n) is 2.20. The molecule has 0 bridgehead atoms. The summed E-state index contributed by atoms with van der Waals surface area (Å²) in [5.41, 5.74) is 8.48. The highest BCUT2D eigenvalue weighted by atomic mass is 32.1. The first-order valence-corrected chi connectivity index (χ1v) is 6.73. The van der Waals surface area contributed by atoms with Gasteiger partial charge in [0.15, 0.2) is 0 Å². The number of fused-ring (bicyclic) bond motifs is 1. The Hall–Kier alpha value is -0.970. The molecule has 4 heteroatoms.